The molecule has 1 N–H and O–H groups in total. The monoisotopic (exact) mass is 311 g/mol. The first-order valence-electron chi connectivity index (χ1n) is 5.29. The number of hydrogen-bond acceptors (Lipinski definition) is 3. The second-order valence-electron chi connectivity index (χ2n) is 3.74. The van der Waals surface area contributed by atoms with Crippen molar-refractivity contribution in [3.05, 3.63) is 56.7 Å². The summed E-state index contributed by atoms with van der Waals surface area (Å²) in [6.07, 6.45) is 1.57. The van der Waals surface area contributed by atoms with Crippen molar-refractivity contribution >= 4 is 21.6 Å². The number of benzene rings is 1. The van der Waals surface area contributed by atoms with Crippen molar-refractivity contribution in [3.63, 3.8) is 0 Å². The summed E-state index contributed by atoms with van der Waals surface area (Å²) in [5, 5.41) is 6.87. The van der Waals surface area contributed by atoms with Gasteiger partial charge >= 0.3 is 0 Å². The van der Waals surface area contributed by atoms with Gasteiger partial charge in [0.15, 0.2) is 0 Å². The normalized spacial score (nSPS) is 10.4. The fourth-order valence-corrected chi connectivity index (χ4v) is 1.93. The van der Waals surface area contributed by atoms with E-state index >= 15 is 0 Å². The predicted octanol–water partition coefficient (Wildman–Crippen LogP) is 2.23. The number of rotatable bonds is 3. The molecule has 4 nitrogen and oxygen atoms in total. The molecule has 18 heavy (non-hydrogen) atoms. The molecule has 6 heteroatoms. The molecular weight excluding hydrogens is 301 g/mol. The summed E-state index contributed by atoms with van der Waals surface area (Å²) in [5.74, 6) is -0.329. The maximum atomic E-state index is 13.1. The third-order valence-corrected chi connectivity index (χ3v) is 3.08. The Hall–Kier alpha value is -1.69. The molecule has 94 valence electrons. The van der Waals surface area contributed by atoms with Crippen LogP contribution in [0, 0.1) is 5.82 Å². The van der Waals surface area contributed by atoms with Crippen molar-refractivity contribution in [3.8, 4) is 0 Å². The Morgan fingerprint density at radius 1 is 1.44 bits per heavy atom. The van der Waals surface area contributed by atoms with Crippen LogP contribution < -0.4 is 10.9 Å². The third-order valence-electron chi connectivity index (χ3n) is 2.47. The topological polar surface area (TPSA) is 46.9 Å². The van der Waals surface area contributed by atoms with E-state index < -0.39 is 0 Å². The van der Waals surface area contributed by atoms with E-state index in [1.165, 1.54) is 16.8 Å². The van der Waals surface area contributed by atoms with Gasteiger partial charge in [-0.05, 0) is 33.6 Å². The maximum Gasteiger partial charge on any atom is 0.269 e. The Bertz CT molecular complexity index is 627. The van der Waals surface area contributed by atoms with Crippen LogP contribution in [0.2, 0.25) is 0 Å². The Balaban J connectivity index is 2.28. The summed E-state index contributed by atoms with van der Waals surface area (Å²) in [6.45, 7) is 0.307. The quantitative estimate of drug-likeness (QED) is 0.945. The van der Waals surface area contributed by atoms with E-state index in [4.69, 9.17) is 0 Å². The van der Waals surface area contributed by atoms with Crippen molar-refractivity contribution in [1.82, 2.24) is 9.78 Å². The van der Waals surface area contributed by atoms with Gasteiger partial charge in [0.05, 0.1) is 22.9 Å². The van der Waals surface area contributed by atoms with Gasteiger partial charge in [-0.2, -0.15) is 5.10 Å². The second kappa shape index (κ2) is 5.30. The summed E-state index contributed by atoms with van der Waals surface area (Å²) in [4.78, 5) is 11.7. The molecule has 0 spiro atoms. The molecule has 0 atom stereocenters. The average molecular weight is 312 g/mol. The van der Waals surface area contributed by atoms with E-state index in [2.05, 4.69) is 26.3 Å². The standard InChI is InChI=1S/C12H11BrFN3O/c1-15-9-5-12(18)17(16-6-9)7-8-2-3-11(14)10(13)4-8/h2-6,15H,7H2,1H3. The number of halogens is 2. The largest absolute Gasteiger partial charge is 0.387 e. The van der Waals surface area contributed by atoms with E-state index in [0.29, 0.717) is 16.7 Å². The molecule has 1 heterocycles. The van der Waals surface area contributed by atoms with Crippen molar-refractivity contribution in [2.45, 2.75) is 6.54 Å². The zero-order valence-electron chi connectivity index (χ0n) is 9.65. The molecule has 0 saturated heterocycles. The van der Waals surface area contributed by atoms with Crippen LogP contribution in [-0.2, 0) is 6.54 Å². The highest BCUT2D eigenvalue weighted by Gasteiger charge is 2.04. The summed E-state index contributed by atoms with van der Waals surface area (Å²) in [6, 6.07) is 6.08. The van der Waals surface area contributed by atoms with Crippen molar-refractivity contribution in [1.29, 1.82) is 0 Å². The molecule has 2 aromatic rings. The van der Waals surface area contributed by atoms with Crippen LogP contribution in [0.3, 0.4) is 0 Å². The van der Waals surface area contributed by atoms with Gasteiger partial charge in [0.25, 0.3) is 5.56 Å². The van der Waals surface area contributed by atoms with Crippen LogP contribution in [0.25, 0.3) is 0 Å². The second-order valence-corrected chi connectivity index (χ2v) is 4.59. The lowest BCUT2D eigenvalue weighted by molar-refractivity contribution is 0.613. The van der Waals surface area contributed by atoms with Crippen molar-refractivity contribution in [2.24, 2.45) is 0 Å². The summed E-state index contributed by atoms with van der Waals surface area (Å²) in [7, 11) is 1.72. The van der Waals surface area contributed by atoms with Gasteiger partial charge in [0, 0.05) is 13.1 Å². The predicted molar refractivity (Wildman–Crippen MR) is 71.2 cm³/mol. The van der Waals surface area contributed by atoms with Gasteiger partial charge in [-0.25, -0.2) is 9.07 Å². The third kappa shape index (κ3) is 2.76. The molecule has 0 unspecified atom stereocenters. The molecule has 1 aromatic heterocycles. The van der Waals surface area contributed by atoms with Crippen LogP contribution in [-0.4, -0.2) is 16.8 Å². The molecule has 0 saturated carbocycles. The maximum absolute atomic E-state index is 13.1. The van der Waals surface area contributed by atoms with E-state index in [-0.39, 0.29) is 11.4 Å². The number of aromatic nitrogens is 2. The Labute approximate surface area is 112 Å². The average Bonchev–Trinajstić information content (AvgIpc) is 2.36. The molecule has 0 aliphatic rings. The molecule has 0 fully saturated rings. The number of nitrogens with one attached hydrogen (secondary N) is 1. The molecule has 0 aliphatic heterocycles. The molecule has 0 amide bonds. The SMILES string of the molecule is CNc1cnn(Cc2ccc(F)c(Br)c2)c(=O)c1. The fraction of sp³-hybridized carbons (Fsp3) is 0.167. The van der Waals surface area contributed by atoms with Crippen LogP contribution in [0.5, 0.6) is 0 Å². The van der Waals surface area contributed by atoms with Crippen molar-refractivity contribution < 1.29 is 4.39 Å². The highest BCUT2D eigenvalue weighted by atomic mass is 79.9. The lowest BCUT2D eigenvalue weighted by Gasteiger charge is -2.06. The first-order chi connectivity index (χ1) is 8.60. The zero-order valence-corrected chi connectivity index (χ0v) is 11.2. The smallest absolute Gasteiger partial charge is 0.269 e. The summed E-state index contributed by atoms with van der Waals surface area (Å²) < 4.78 is 14.8. The fourth-order valence-electron chi connectivity index (χ4n) is 1.50. The van der Waals surface area contributed by atoms with E-state index in [9.17, 15) is 9.18 Å². The minimum atomic E-state index is -0.329. The van der Waals surface area contributed by atoms with E-state index in [0.717, 1.165) is 5.56 Å². The van der Waals surface area contributed by atoms with Gasteiger partial charge in [0.2, 0.25) is 0 Å². The van der Waals surface area contributed by atoms with Gasteiger partial charge in [0.1, 0.15) is 5.82 Å². The Kier molecular flexibility index (Phi) is 3.76. The minimum absolute atomic E-state index is 0.206. The lowest BCUT2D eigenvalue weighted by atomic mass is 10.2. The summed E-state index contributed by atoms with van der Waals surface area (Å²) in [5.41, 5.74) is 1.26. The minimum Gasteiger partial charge on any atom is -0.387 e. The molecule has 2 rings (SSSR count). The molecule has 0 radical (unpaired) electrons. The van der Waals surface area contributed by atoms with Crippen LogP contribution >= 0.6 is 15.9 Å². The van der Waals surface area contributed by atoms with Gasteiger partial charge in [-0.3, -0.25) is 4.79 Å². The summed E-state index contributed by atoms with van der Waals surface area (Å²) >= 11 is 3.11. The zero-order chi connectivity index (χ0) is 13.1. The van der Waals surface area contributed by atoms with Crippen LogP contribution in [0.4, 0.5) is 10.1 Å². The molecule has 0 aliphatic carbocycles. The first-order valence-corrected chi connectivity index (χ1v) is 6.08. The van der Waals surface area contributed by atoms with Gasteiger partial charge in [-0.1, -0.05) is 6.07 Å². The van der Waals surface area contributed by atoms with Crippen LogP contribution in [0.1, 0.15) is 5.56 Å². The highest BCUT2D eigenvalue weighted by molar-refractivity contribution is 9.10. The van der Waals surface area contributed by atoms with E-state index in [1.807, 2.05) is 0 Å². The van der Waals surface area contributed by atoms with Gasteiger partial charge in [-0.15, -0.1) is 0 Å². The number of anilines is 1. The first kappa shape index (κ1) is 12.8. The number of nitrogens with zero attached hydrogens (tertiary/aromatic N) is 2. The number of hydrogen-bond donors (Lipinski definition) is 1. The molecule has 1 aromatic carbocycles. The Morgan fingerprint density at radius 2 is 2.22 bits per heavy atom. The Morgan fingerprint density at radius 3 is 2.83 bits per heavy atom. The van der Waals surface area contributed by atoms with Crippen LogP contribution in [0.15, 0.2) is 39.7 Å². The van der Waals surface area contributed by atoms with Crippen molar-refractivity contribution in [2.75, 3.05) is 12.4 Å². The van der Waals surface area contributed by atoms with E-state index in [1.54, 1.807) is 25.4 Å². The van der Waals surface area contributed by atoms with Gasteiger partial charge < -0.3 is 5.32 Å². The highest BCUT2D eigenvalue weighted by Crippen LogP contribution is 2.17. The molecule has 0 bridgehead atoms. The lowest BCUT2D eigenvalue weighted by Crippen LogP contribution is -2.22. The molecular formula is C12H11BrFN3O.